The molecule has 2 aliphatic heterocycles. The number of aliphatic hydroxyl groups excluding tert-OH is 2. The summed E-state index contributed by atoms with van der Waals surface area (Å²) in [6, 6.07) is 0. The molecule has 2 fully saturated rings. The van der Waals surface area contributed by atoms with Crippen LogP contribution in [-0.4, -0.2) is 87.7 Å². The maximum atomic E-state index is 15.7. The number of ether oxygens (including phenoxy) is 3. The van der Waals surface area contributed by atoms with Crippen molar-refractivity contribution in [2.24, 2.45) is 21.6 Å². The lowest BCUT2D eigenvalue weighted by Gasteiger charge is -2.34. The Bertz CT molecular complexity index is 1090. The molecule has 13 nitrogen and oxygen atoms in total. The second kappa shape index (κ2) is 11.0. The number of aliphatic hydroxyl groups is 3. The summed E-state index contributed by atoms with van der Waals surface area (Å²) in [5.41, 5.74) is -0.508. The molecule has 0 aromatic rings. The molecule has 0 aromatic heterocycles. The molecule has 1 saturated heterocycles. The van der Waals surface area contributed by atoms with Crippen LogP contribution < -0.4 is 5.73 Å². The van der Waals surface area contributed by atoms with Gasteiger partial charge in [0.05, 0.1) is 11.3 Å². The van der Waals surface area contributed by atoms with Crippen LogP contribution >= 0.6 is 19.2 Å². The van der Waals surface area contributed by atoms with E-state index in [1.807, 2.05) is 0 Å². The zero-order chi connectivity index (χ0) is 29.6. The summed E-state index contributed by atoms with van der Waals surface area (Å²) in [5.74, 6) is -0.297. The van der Waals surface area contributed by atoms with Crippen molar-refractivity contribution in [3.8, 4) is 0 Å². The van der Waals surface area contributed by atoms with Gasteiger partial charge in [-0.15, -0.1) is 11.6 Å². The topological polar surface area (TPSA) is 183 Å². The lowest BCUT2D eigenvalue weighted by Crippen LogP contribution is -2.48. The molecule has 0 bridgehead atoms. The van der Waals surface area contributed by atoms with E-state index in [2.05, 4.69) is 4.99 Å². The van der Waals surface area contributed by atoms with Gasteiger partial charge in [0.15, 0.2) is 31.1 Å². The van der Waals surface area contributed by atoms with E-state index < -0.39 is 80.1 Å². The quantitative estimate of drug-likeness (QED) is 0.124. The number of nitrogens with zero attached hydrogens (tertiary/aromatic N) is 2. The van der Waals surface area contributed by atoms with Gasteiger partial charge in [0.25, 0.3) is 0 Å². The Labute approximate surface area is 230 Å². The van der Waals surface area contributed by atoms with Crippen molar-refractivity contribution in [2.75, 3.05) is 19.5 Å². The van der Waals surface area contributed by atoms with E-state index in [0.29, 0.717) is 0 Å². The van der Waals surface area contributed by atoms with Crippen LogP contribution in [0, 0.1) is 10.8 Å². The predicted octanol–water partition coefficient (Wildman–Crippen LogP) is 1.86. The molecule has 0 aromatic carbocycles. The Kier molecular flexibility index (Phi) is 8.99. The minimum absolute atomic E-state index is 0.00450. The number of hydrogen-bond acceptors (Lipinski definition) is 13. The first-order valence-corrected chi connectivity index (χ1v) is 14.1. The molecule has 7 atom stereocenters. The van der Waals surface area contributed by atoms with Crippen molar-refractivity contribution < 1.29 is 52.3 Å². The number of hydrogen-bond donors (Lipinski definition) is 4. The average Bonchev–Trinajstić information content (AvgIpc) is 3.21. The molecule has 222 valence electrons. The minimum Gasteiger partial charge on any atom is -0.438 e. The minimum atomic E-state index is -4.44. The Hall–Kier alpha value is -1.61. The van der Waals surface area contributed by atoms with Crippen LogP contribution in [0.25, 0.3) is 0 Å². The smallest absolute Gasteiger partial charge is 0.359 e. The monoisotopic (exact) mass is 599 g/mol. The van der Waals surface area contributed by atoms with Gasteiger partial charge in [0.2, 0.25) is 13.1 Å². The molecule has 0 radical (unpaired) electrons. The number of alkyl halides is 2. The van der Waals surface area contributed by atoms with Crippen molar-refractivity contribution in [1.29, 1.82) is 0 Å². The summed E-state index contributed by atoms with van der Waals surface area (Å²) in [5, 5.41) is 31.5. The Morgan fingerprint density at radius 1 is 1.33 bits per heavy atom. The summed E-state index contributed by atoms with van der Waals surface area (Å²) < 4.78 is 55.8. The lowest BCUT2D eigenvalue weighted by molar-refractivity contribution is -0.192. The summed E-state index contributed by atoms with van der Waals surface area (Å²) in [7, 11) is -4.44. The van der Waals surface area contributed by atoms with Gasteiger partial charge in [-0.05, 0) is 26.8 Å². The molecular formula is C23H36ClFN3O10P. The highest BCUT2D eigenvalue weighted by atomic mass is 35.5. The van der Waals surface area contributed by atoms with Crippen LogP contribution in [0.4, 0.5) is 4.39 Å². The van der Waals surface area contributed by atoms with Crippen LogP contribution in [0.2, 0.25) is 0 Å². The molecule has 39 heavy (non-hydrogen) atoms. The van der Waals surface area contributed by atoms with Gasteiger partial charge >= 0.3 is 13.6 Å². The van der Waals surface area contributed by atoms with E-state index in [1.54, 1.807) is 41.5 Å². The summed E-state index contributed by atoms with van der Waals surface area (Å²) >= 11 is 6.09. The average molecular weight is 600 g/mol. The standard InChI is InChI=1S/C23H36ClFN3O10P/c1-20(2,3)17(29)34-11-36-39(33,37-12-35-18(30)21(4,5)6)9-13-22(10-24)23(13,32)15(25)16(38-22)28-8-7-14(26)27-19(28)31/h7-9,15-17,19,29,31-32H,10-12H2,1-6H3,(H2,26,27)/b13-9+/t15-,16+,17?,19?,22+,23-,39?/m0/s1. The third-order valence-corrected chi connectivity index (χ3v) is 8.20. The molecule has 2 heterocycles. The molecule has 1 aliphatic carbocycles. The van der Waals surface area contributed by atoms with E-state index in [0.717, 1.165) is 10.7 Å². The zero-order valence-corrected chi connectivity index (χ0v) is 24.2. The van der Waals surface area contributed by atoms with Crippen LogP contribution in [-0.2, 0) is 32.6 Å². The Morgan fingerprint density at radius 3 is 2.46 bits per heavy atom. The van der Waals surface area contributed by atoms with Gasteiger partial charge in [-0.3, -0.25) is 18.4 Å². The van der Waals surface area contributed by atoms with Crippen LogP contribution in [0.15, 0.2) is 28.7 Å². The highest BCUT2D eigenvalue weighted by Crippen LogP contribution is 2.69. The van der Waals surface area contributed by atoms with Gasteiger partial charge in [-0.2, -0.15) is 0 Å². The first-order chi connectivity index (χ1) is 17.8. The second-order valence-corrected chi connectivity index (χ2v) is 13.6. The number of esters is 1. The Balaban J connectivity index is 1.83. The van der Waals surface area contributed by atoms with Crippen LogP contribution in [0.5, 0.6) is 0 Å². The molecule has 0 amide bonds. The number of fused-ring (bicyclic) bond motifs is 1. The number of nitrogens with two attached hydrogens (primary N) is 1. The van der Waals surface area contributed by atoms with Crippen molar-refractivity contribution in [3.05, 3.63) is 23.7 Å². The van der Waals surface area contributed by atoms with Crippen molar-refractivity contribution in [3.63, 3.8) is 0 Å². The highest BCUT2D eigenvalue weighted by molar-refractivity contribution is 7.57. The number of carbonyl (C=O) groups is 1. The maximum Gasteiger partial charge on any atom is 0.359 e. The normalized spacial score (nSPS) is 33.9. The predicted molar refractivity (Wildman–Crippen MR) is 136 cm³/mol. The molecule has 3 aliphatic rings. The molecule has 5 N–H and O–H groups in total. The van der Waals surface area contributed by atoms with Crippen LogP contribution in [0.3, 0.4) is 0 Å². The highest BCUT2D eigenvalue weighted by Gasteiger charge is 2.85. The Morgan fingerprint density at radius 2 is 1.95 bits per heavy atom. The zero-order valence-electron chi connectivity index (χ0n) is 22.5. The van der Waals surface area contributed by atoms with Gasteiger partial charge < -0.3 is 40.2 Å². The number of halogens is 2. The SMILES string of the molecule is CC(C)(C)C(=O)OCOP(=O)(/C=C1\[C@@]2(CCl)O[C@@H](N3C=CC(N)=NC3O)[C@H](F)[C@@]12O)OCOC(O)C(C)(C)C. The van der Waals surface area contributed by atoms with Gasteiger partial charge in [0.1, 0.15) is 11.4 Å². The molecule has 0 spiro atoms. The molecule has 1 saturated carbocycles. The third-order valence-electron chi connectivity index (χ3n) is 6.32. The third kappa shape index (κ3) is 6.19. The number of amidine groups is 1. The van der Waals surface area contributed by atoms with E-state index in [1.165, 1.54) is 12.3 Å². The summed E-state index contributed by atoms with van der Waals surface area (Å²) in [4.78, 5) is 16.8. The first-order valence-electron chi connectivity index (χ1n) is 12.0. The first kappa shape index (κ1) is 31.9. The van der Waals surface area contributed by atoms with Gasteiger partial charge in [0, 0.05) is 23.0 Å². The van der Waals surface area contributed by atoms with E-state index in [9.17, 15) is 24.7 Å². The second-order valence-electron chi connectivity index (χ2n) is 11.4. The fourth-order valence-electron chi connectivity index (χ4n) is 3.84. The fraction of sp³-hybridized carbons (Fsp3) is 0.739. The molecule has 3 unspecified atom stereocenters. The number of carbonyl (C=O) groups excluding carboxylic acids is 1. The summed E-state index contributed by atoms with van der Waals surface area (Å²) in [6.45, 7) is 8.34. The van der Waals surface area contributed by atoms with E-state index in [-0.39, 0.29) is 11.4 Å². The fourth-order valence-corrected chi connectivity index (χ4v) is 5.60. The van der Waals surface area contributed by atoms with Crippen molar-refractivity contribution >= 4 is 31.0 Å². The van der Waals surface area contributed by atoms with E-state index >= 15 is 4.39 Å². The van der Waals surface area contributed by atoms with E-state index in [4.69, 9.17) is 40.6 Å². The molecule has 3 rings (SSSR count). The lowest BCUT2D eigenvalue weighted by atomic mass is 9.96. The molecular weight excluding hydrogens is 564 g/mol. The number of rotatable bonds is 10. The largest absolute Gasteiger partial charge is 0.438 e. The van der Waals surface area contributed by atoms with Crippen LogP contribution in [0.1, 0.15) is 41.5 Å². The maximum absolute atomic E-state index is 15.7. The van der Waals surface area contributed by atoms with Crippen molar-refractivity contribution in [2.45, 2.75) is 77.8 Å². The van der Waals surface area contributed by atoms with Gasteiger partial charge in [-0.1, -0.05) is 20.8 Å². The number of aliphatic imine (C=N–C) groups is 1. The molecule has 16 heteroatoms. The van der Waals surface area contributed by atoms with Crippen molar-refractivity contribution in [1.82, 2.24) is 4.90 Å². The summed E-state index contributed by atoms with van der Waals surface area (Å²) in [6.07, 6.45) is -4.04. The van der Waals surface area contributed by atoms with Gasteiger partial charge in [-0.25, -0.2) is 9.38 Å².